The monoisotopic (exact) mass is 263 g/mol. The SMILES string of the molecule is O=C(O)c1ccc2c(c1)N(CCCCCO)C(=O)C2. The Bertz CT molecular complexity index is 498. The first-order chi connectivity index (χ1) is 9.13. The minimum absolute atomic E-state index is 0.0153. The van der Waals surface area contributed by atoms with Gasteiger partial charge in [-0.3, -0.25) is 4.79 Å². The molecule has 0 fully saturated rings. The van der Waals surface area contributed by atoms with Crippen molar-refractivity contribution in [3.05, 3.63) is 29.3 Å². The lowest BCUT2D eigenvalue weighted by molar-refractivity contribution is -0.117. The molecule has 5 heteroatoms. The van der Waals surface area contributed by atoms with Crippen LogP contribution in [0.2, 0.25) is 0 Å². The lowest BCUT2D eigenvalue weighted by atomic mass is 10.1. The summed E-state index contributed by atoms with van der Waals surface area (Å²) < 4.78 is 0. The van der Waals surface area contributed by atoms with Crippen molar-refractivity contribution in [1.82, 2.24) is 0 Å². The fourth-order valence-electron chi connectivity index (χ4n) is 2.29. The van der Waals surface area contributed by atoms with Crippen molar-refractivity contribution < 1.29 is 19.8 Å². The van der Waals surface area contributed by atoms with Crippen LogP contribution in [0.15, 0.2) is 18.2 Å². The molecule has 1 aromatic carbocycles. The minimum atomic E-state index is -0.984. The van der Waals surface area contributed by atoms with Crippen LogP contribution in [0.4, 0.5) is 5.69 Å². The number of aliphatic hydroxyl groups excluding tert-OH is 1. The van der Waals surface area contributed by atoms with Gasteiger partial charge < -0.3 is 15.1 Å². The van der Waals surface area contributed by atoms with Crippen molar-refractivity contribution in [3.63, 3.8) is 0 Å². The van der Waals surface area contributed by atoms with Gasteiger partial charge in [-0.25, -0.2) is 4.79 Å². The Morgan fingerprint density at radius 2 is 2.05 bits per heavy atom. The summed E-state index contributed by atoms with van der Waals surface area (Å²) >= 11 is 0. The second-order valence-electron chi connectivity index (χ2n) is 4.66. The summed E-state index contributed by atoms with van der Waals surface area (Å²) in [5, 5.41) is 17.7. The predicted octanol–water partition coefficient (Wildman–Crippen LogP) is 1.44. The highest BCUT2D eigenvalue weighted by molar-refractivity contribution is 6.03. The van der Waals surface area contributed by atoms with Crippen LogP contribution in [0, 0.1) is 0 Å². The number of carboxylic acids is 1. The maximum absolute atomic E-state index is 11.9. The highest BCUT2D eigenvalue weighted by Gasteiger charge is 2.27. The van der Waals surface area contributed by atoms with Crippen molar-refractivity contribution in [2.24, 2.45) is 0 Å². The Morgan fingerprint density at radius 1 is 1.26 bits per heavy atom. The van der Waals surface area contributed by atoms with Gasteiger partial charge in [0.05, 0.1) is 12.0 Å². The quantitative estimate of drug-likeness (QED) is 0.761. The zero-order valence-electron chi connectivity index (χ0n) is 10.6. The van der Waals surface area contributed by atoms with Crippen molar-refractivity contribution in [1.29, 1.82) is 0 Å². The first-order valence-electron chi connectivity index (χ1n) is 6.41. The molecule has 0 aromatic heterocycles. The van der Waals surface area contributed by atoms with E-state index in [1.54, 1.807) is 17.0 Å². The van der Waals surface area contributed by atoms with Crippen LogP contribution in [0.25, 0.3) is 0 Å². The van der Waals surface area contributed by atoms with Gasteiger partial charge in [0.2, 0.25) is 5.91 Å². The highest BCUT2D eigenvalue weighted by Crippen LogP contribution is 2.30. The number of hydrogen-bond donors (Lipinski definition) is 2. The number of anilines is 1. The number of fused-ring (bicyclic) bond motifs is 1. The van der Waals surface area contributed by atoms with Gasteiger partial charge in [-0.15, -0.1) is 0 Å². The topological polar surface area (TPSA) is 77.8 Å². The zero-order valence-corrected chi connectivity index (χ0v) is 10.6. The largest absolute Gasteiger partial charge is 0.478 e. The van der Waals surface area contributed by atoms with Crippen LogP contribution in [-0.2, 0) is 11.2 Å². The van der Waals surface area contributed by atoms with E-state index in [1.165, 1.54) is 6.07 Å². The third kappa shape index (κ3) is 2.93. The maximum atomic E-state index is 11.9. The van der Waals surface area contributed by atoms with Gasteiger partial charge in [0.25, 0.3) is 0 Å². The fourth-order valence-corrected chi connectivity index (χ4v) is 2.29. The van der Waals surface area contributed by atoms with Crippen LogP contribution < -0.4 is 4.90 Å². The van der Waals surface area contributed by atoms with Gasteiger partial charge in [0, 0.05) is 18.8 Å². The molecule has 5 nitrogen and oxygen atoms in total. The molecule has 1 aliphatic rings. The summed E-state index contributed by atoms with van der Waals surface area (Å²) in [5.41, 5.74) is 1.81. The molecule has 19 heavy (non-hydrogen) atoms. The number of carbonyl (C=O) groups excluding carboxylic acids is 1. The normalized spacial score (nSPS) is 13.7. The van der Waals surface area contributed by atoms with E-state index in [0.717, 1.165) is 24.8 Å². The number of aliphatic hydroxyl groups is 1. The van der Waals surface area contributed by atoms with E-state index < -0.39 is 5.97 Å². The first kappa shape index (κ1) is 13.5. The summed E-state index contributed by atoms with van der Waals surface area (Å²) in [5.74, 6) is -0.969. The number of nitrogens with zero attached hydrogens (tertiary/aromatic N) is 1. The maximum Gasteiger partial charge on any atom is 0.335 e. The number of hydrogen-bond acceptors (Lipinski definition) is 3. The average molecular weight is 263 g/mol. The second kappa shape index (κ2) is 5.84. The molecule has 1 amide bonds. The van der Waals surface area contributed by atoms with Crippen molar-refractivity contribution in [2.45, 2.75) is 25.7 Å². The van der Waals surface area contributed by atoms with Crippen molar-refractivity contribution in [2.75, 3.05) is 18.1 Å². The number of carboxylic acid groups (broad SMARTS) is 1. The van der Waals surface area contributed by atoms with Gasteiger partial charge in [0.15, 0.2) is 0 Å². The van der Waals surface area contributed by atoms with Crippen LogP contribution in [0.5, 0.6) is 0 Å². The molecule has 0 unspecified atom stereocenters. The molecule has 1 aliphatic heterocycles. The minimum Gasteiger partial charge on any atom is -0.478 e. The van der Waals surface area contributed by atoms with Gasteiger partial charge >= 0.3 is 5.97 Å². The van der Waals surface area contributed by atoms with Gasteiger partial charge in [-0.05, 0) is 37.0 Å². The molecule has 1 aromatic rings. The first-order valence-corrected chi connectivity index (χ1v) is 6.41. The van der Waals surface area contributed by atoms with Crippen LogP contribution >= 0.6 is 0 Å². The van der Waals surface area contributed by atoms with E-state index in [9.17, 15) is 9.59 Å². The Labute approximate surface area is 111 Å². The molecular formula is C14H17NO4. The summed E-state index contributed by atoms with van der Waals surface area (Å²) in [6.45, 7) is 0.739. The van der Waals surface area contributed by atoms with Gasteiger partial charge in [-0.1, -0.05) is 6.07 Å². The van der Waals surface area contributed by atoms with Crippen molar-refractivity contribution in [3.8, 4) is 0 Å². The smallest absolute Gasteiger partial charge is 0.335 e. The summed E-state index contributed by atoms with van der Waals surface area (Å²) in [4.78, 5) is 24.5. The highest BCUT2D eigenvalue weighted by atomic mass is 16.4. The van der Waals surface area contributed by atoms with Crippen LogP contribution in [0.3, 0.4) is 0 Å². The molecule has 0 aliphatic carbocycles. The number of aromatic carboxylic acids is 1. The lowest BCUT2D eigenvalue weighted by Crippen LogP contribution is -2.27. The molecule has 0 spiro atoms. The molecule has 0 saturated heterocycles. The van der Waals surface area contributed by atoms with Crippen LogP contribution in [0.1, 0.15) is 35.2 Å². The standard InChI is InChI=1S/C14H17NO4/c16-7-3-1-2-6-15-12-8-11(14(18)19)5-4-10(12)9-13(15)17/h4-5,8,16H,1-3,6-7,9H2,(H,18,19). The molecule has 0 bridgehead atoms. The predicted molar refractivity (Wildman–Crippen MR) is 70.4 cm³/mol. The molecule has 1 heterocycles. The number of carbonyl (C=O) groups is 2. The van der Waals surface area contributed by atoms with Gasteiger partial charge in [-0.2, -0.15) is 0 Å². The third-order valence-electron chi connectivity index (χ3n) is 3.31. The Kier molecular flexibility index (Phi) is 4.16. The molecule has 2 rings (SSSR count). The van der Waals surface area contributed by atoms with E-state index in [0.29, 0.717) is 18.7 Å². The molecule has 2 N–H and O–H groups in total. The Balaban J connectivity index is 2.12. The van der Waals surface area contributed by atoms with E-state index in [4.69, 9.17) is 10.2 Å². The number of benzene rings is 1. The number of unbranched alkanes of at least 4 members (excludes halogenated alkanes) is 2. The van der Waals surface area contributed by atoms with E-state index in [-0.39, 0.29) is 18.1 Å². The Hall–Kier alpha value is -1.88. The molecular weight excluding hydrogens is 246 g/mol. The van der Waals surface area contributed by atoms with Crippen molar-refractivity contribution >= 4 is 17.6 Å². The van der Waals surface area contributed by atoms with Crippen LogP contribution in [-0.4, -0.2) is 35.2 Å². The third-order valence-corrected chi connectivity index (χ3v) is 3.31. The molecule has 0 radical (unpaired) electrons. The Morgan fingerprint density at radius 3 is 2.74 bits per heavy atom. The van der Waals surface area contributed by atoms with E-state index in [2.05, 4.69) is 0 Å². The molecule has 0 atom stereocenters. The zero-order chi connectivity index (χ0) is 13.8. The van der Waals surface area contributed by atoms with E-state index in [1.807, 2.05) is 0 Å². The summed E-state index contributed by atoms with van der Waals surface area (Å²) in [6, 6.07) is 4.81. The number of amides is 1. The molecule has 0 saturated carbocycles. The summed E-state index contributed by atoms with van der Waals surface area (Å²) in [6.07, 6.45) is 2.73. The number of rotatable bonds is 6. The van der Waals surface area contributed by atoms with E-state index >= 15 is 0 Å². The lowest BCUT2D eigenvalue weighted by Gasteiger charge is -2.17. The fraction of sp³-hybridized carbons (Fsp3) is 0.429. The average Bonchev–Trinajstić information content (AvgIpc) is 2.70. The second-order valence-corrected chi connectivity index (χ2v) is 4.66. The summed E-state index contributed by atoms with van der Waals surface area (Å²) in [7, 11) is 0. The molecule has 102 valence electrons. The van der Waals surface area contributed by atoms with Gasteiger partial charge in [0.1, 0.15) is 0 Å².